The second-order valence-corrected chi connectivity index (χ2v) is 5.55. The fraction of sp³-hybridized carbons (Fsp3) is 0.462. The molecule has 0 radical (unpaired) electrons. The van der Waals surface area contributed by atoms with Crippen molar-refractivity contribution >= 4 is 27.9 Å². The average Bonchev–Trinajstić information content (AvgIpc) is 2.46. The summed E-state index contributed by atoms with van der Waals surface area (Å²) in [5, 5.41) is 11.7. The average molecular weight is 342 g/mol. The lowest BCUT2D eigenvalue weighted by Gasteiger charge is -2.29. The van der Waals surface area contributed by atoms with Crippen LogP contribution in [0.3, 0.4) is 0 Å². The molecule has 0 unspecified atom stereocenters. The molecule has 0 aliphatic carbocycles. The van der Waals surface area contributed by atoms with Gasteiger partial charge in [-0.15, -0.1) is 0 Å². The molecule has 1 saturated heterocycles. The molecule has 2 amide bonds. The largest absolute Gasteiger partial charge is 0.465 e. The van der Waals surface area contributed by atoms with E-state index >= 15 is 0 Å². The minimum absolute atomic E-state index is 0.0346. The number of likely N-dealkylation sites (tertiary alicyclic amines) is 1. The van der Waals surface area contributed by atoms with Crippen molar-refractivity contribution < 1.29 is 14.7 Å². The molecule has 0 atom stereocenters. The molecule has 2 N–H and O–H groups in total. The Hall–Kier alpha value is -1.63. The van der Waals surface area contributed by atoms with E-state index in [2.05, 4.69) is 26.2 Å². The van der Waals surface area contributed by atoms with Crippen molar-refractivity contribution in [3.8, 4) is 0 Å². The standard InChI is InChI=1S/C13H16BrN3O3/c14-10-2-1-5-15-11(10)8-16-12(18)9-3-6-17(7-4-9)13(19)20/h1-2,5,9H,3-4,6-8H2,(H,16,18)(H,19,20). The summed E-state index contributed by atoms with van der Waals surface area (Å²) in [4.78, 5) is 28.4. The van der Waals surface area contributed by atoms with Crippen molar-refractivity contribution in [2.75, 3.05) is 13.1 Å². The van der Waals surface area contributed by atoms with Crippen molar-refractivity contribution in [2.24, 2.45) is 5.92 Å². The lowest BCUT2D eigenvalue weighted by Crippen LogP contribution is -2.42. The Bertz CT molecular complexity index is 501. The third kappa shape index (κ3) is 3.69. The summed E-state index contributed by atoms with van der Waals surface area (Å²) in [7, 11) is 0. The van der Waals surface area contributed by atoms with E-state index in [1.807, 2.05) is 12.1 Å². The number of nitrogens with one attached hydrogen (secondary N) is 1. The number of carboxylic acid groups (broad SMARTS) is 1. The SMILES string of the molecule is O=C(NCc1ncccc1Br)C1CCN(C(=O)O)CC1. The Morgan fingerprint density at radius 2 is 2.15 bits per heavy atom. The van der Waals surface area contributed by atoms with Crippen LogP contribution in [0.4, 0.5) is 4.79 Å². The highest BCUT2D eigenvalue weighted by molar-refractivity contribution is 9.10. The molecule has 7 heteroatoms. The van der Waals surface area contributed by atoms with Crippen molar-refractivity contribution in [3.63, 3.8) is 0 Å². The summed E-state index contributed by atoms with van der Waals surface area (Å²) in [6.45, 7) is 1.21. The number of nitrogens with zero attached hydrogens (tertiary/aromatic N) is 2. The molecule has 20 heavy (non-hydrogen) atoms. The Labute approximate surface area is 125 Å². The number of carbonyl (C=O) groups is 2. The van der Waals surface area contributed by atoms with Crippen molar-refractivity contribution in [2.45, 2.75) is 19.4 Å². The monoisotopic (exact) mass is 341 g/mol. The highest BCUT2D eigenvalue weighted by Crippen LogP contribution is 2.18. The molecule has 1 aliphatic rings. The first kappa shape index (κ1) is 14.8. The van der Waals surface area contributed by atoms with E-state index in [-0.39, 0.29) is 11.8 Å². The molecule has 6 nitrogen and oxygen atoms in total. The molecule has 0 saturated carbocycles. The van der Waals surface area contributed by atoms with Gasteiger partial charge in [-0.1, -0.05) is 0 Å². The van der Waals surface area contributed by atoms with Gasteiger partial charge in [0.1, 0.15) is 0 Å². The summed E-state index contributed by atoms with van der Waals surface area (Å²) in [6, 6.07) is 3.69. The number of rotatable bonds is 3. The van der Waals surface area contributed by atoms with Crippen LogP contribution < -0.4 is 5.32 Å². The number of amides is 2. The van der Waals surface area contributed by atoms with Crippen molar-refractivity contribution in [1.29, 1.82) is 0 Å². The van der Waals surface area contributed by atoms with Gasteiger partial charge in [0.2, 0.25) is 5.91 Å². The van der Waals surface area contributed by atoms with Gasteiger partial charge in [0.25, 0.3) is 0 Å². The molecule has 2 rings (SSSR count). The first-order valence-electron chi connectivity index (χ1n) is 6.43. The fourth-order valence-electron chi connectivity index (χ4n) is 2.20. The predicted molar refractivity (Wildman–Crippen MR) is 76.1 cm³/mol. The minimum Gasteiger partial charge on any atom is -0.465 e. The van der Waals surface area contributed by atoms with Gasteiger partial charge in [-0.05, 0) is 40.9 Å². The van der Waals surface area contributed by atoms with E-state index in [0.717, 1.165) is 10.2 Å². The van der Waals surface area contributed by atoms with Gasteiger partial charge in [-0.2, -0.15) is 0 Å². The van der Waals surface area contributed by atoms with Gasteiger partial charge in [0, 0.05) is 29.7 Å². The maximum Gasteiger partial charge on any atom is 0.407 e. The minimum atomic E-state index is -0.915. The summed E-state index contributed by atoms with van der Waals surface area (Å²) in [5.41, 5.74) is 0.781. The number of halogens is 1. The molecule has 0 aromatic carbocycles. The summed E-state index contributed by atoms with van der Waals surface area (Å²) < 4.78 is 0.862. The van der Waals surface area contributed by atoms with Crippen LogP contribution in [0.15, 0.2) is 22.8 Å². The van der Waals surface area contributed by atoms with Gasteiger partial charge in [-0.25, -0.2) is 4.79 Å². The molecule has 1 aromatic rings. The lowest BCUT2D eigenvalue weighted by molar-refractivity contribution is -0.126. The topological polar surface area (TPSA) is 82.5 Å². The smallest absolute Gasteiger partial charge is 0.407 e. The van der Waals surface area contributed by atoms with Crippen LogP contribution in [0.5, 0.6) is 0 Å². The molecule has 1 aliphatic heterocycles. The number of piperidine rings is 1. The maximum atomic E-state index is 12.0. The zero-order valence-corrected chi connectivity index (χ0v) is 12.5. The van der Waals surface area contributed by atoms with E-state index in [1.165, 1.54) is 4.90 Å². The number of hydrogen-bond donors (Lipinski definition) is 2. The number of aromatic nitrogens is 1. The highest BCUT2D eigenvalue weighted by atomic mass is 79.9. The van der Waals surface area contributed by atoms with Crippen LogP contribution in [0.2, 0.25) is 0 Å². The highest BCUT2D eigenvalue weighted by Gasteiger charge is 2.26. The zero-order chi connectivity index (χ0) is 14.5. The normalized spacial score (nSPS) is 15.9. The zero-order valence-electron chi connectivity index (χ0n) is 10.9. The van der Waals surface area contributed by atoms with E-state index in [0.29, 0.717) is 32.5 Å². The van der Waals surface area contributed by atoms with Crippen LogP contribution in [0.1, 0.15) is 18.5 Å². The van der Waals surface area contributed by atoms with Crippen LogP contribution in [0, 0.1) is 5.92 Å². The maximum absolute atomic E-state index is 12.0. The fourth-order valence-corrected chi connectivity index (χ4v) is 2.59. The van der Waals surface area contributed by atoms with Gasteiger partial charge in [0.15, 0.2) is 0 Å². The molecule has 2 heterocycles. The molecular weight excluding hydrogens is 326 g/mol. The molecule has 108 valence electrons. The molecule has 1 aromatic heterocycles. The van der Waals surface area contributed by atoms with Crippen LogP contribution in [-0.4, -0.2) is 40.1 Å². The Balaban J connectivity index is 1.82. The second-order valence-electron chi connectivity index (χ2n) is 4.69. The quantitative estimate of drug-likeness (QED) is 0.878. The first-order valence-corrected chi connectivity index (χ1v) is 7.22. The Morgan fingerprint density at radius 3 is 2.75 bits per heavy atom. The van der Waals surface area contributed by atoms with Crippen molar-refractivity contribution in [1.82, 2.24) is 15.2 Å². The lowest BCUT2D eigenvalue weighted by atomic mass is 9.96. The van der Waals surface area contributed by atoms with E-state index in [4.69, 9.17) is 5.11 Å². The number of hydrogen-bond acceptors (Lipinski definition) is 3. The molecule has 1 fully saturated rings. The van der Waals surface area contributed by atoms with Crippen LogP contribution >= 0.6 is 15.9 Å². The van der Waals surface area contributed by atoms with Gasteiger partial charge < -0.3 is 15.3 Å². The Kier molecular flexibility index (Phi) is 4.94. The number of pyridine rings is 1. The van der Waals surface area contributed by atoms with Gasteiger partial charge in [-0.3, -0.25) is 9.78 Å². The van der Waals surface area contributed by atoms with Crippen LogP contribution in [-0.2, 0) is 11.3 Å². The summed E-state index contributed by atoms with van der Waals surface area (Å²) in [6.07, 6.45) is 1.90. The Morgan fingerprint density at radius 1 is 1.45 bits per heavy atom. The van der Waals surface area contributed by atoms with E-state index < -0.39 is 6.09 Å². The third-order valence-corrected chi connectivity index (χ3v) is 4.12. The van der Waals surface area contributed by atoms with Gasteiger partial charge in [0.05, 0.1) is 12.2 Å². The third-order valence-electron chi connectivity index (χ3n) is 3.40. The molecule has 0 spiro atoms. The van der Waals surface area contributed by atoms with E-state index in [1.54, 1.807) is 6.20 Å². The predicted octanol–water partition coefficient (Wildman–Crippen LogP) is 1.85. The molecular formula is C13H16BrN3O3. The molecule has 0 bridgehead atoms. The van der Waals surface area contributed by atoms with Gasteiger partial charge >= 0.3 is 6.09 Å². The second kappa shape index (κ2) is 6.69. The van der Waals surface area contributed by atoms with Crippen molar-refractivity contribution in [3.05, 3.63) is 28.5 Å². The number of carbonyl (C=O) groups excluding carboxylic acids is 1. The van der Waals surface area contributed by atoms with E-state index in [9.17, 15) is 9.59 Å². The summed E-state index contributed by atoms with van der Waals surface area (Å²) in [5.74, 6) is -0.152. The van der Waals surface area contributed by atoms with Crippen LogP contribution in [0.25, 0.3) is 0 Å². The summed E-state index contributed by atoms with van der Waals surface area (Å²) >= 11 is 3.38. The first-order chi connectivity index (χ1) is 9.58.